The van der Waals surface area contributed by atoms with Gasteiger partial charge < -0.3 is 14.8 Å². The Morgan fingerprint density at radius 1 is 1.11 bits per heavy atom. The van der Waals surface area contributed by atoms with Crippen molar-refractivity contribution < 1.29 is 14.3 Å². The fourth-order valence-corrected chi connectivity index (χ4v) is 3.83. The Bertz CT molecular complexity index is 950. The lowest BCUT2D eigenvalue weighted by atomic mass is 10.1. The number of carbonyl (C=O) groups excluding carboxylic acids is 1. The number of amides is 1. The lowest BCUT2D eigenvalue weighted by Gasteiger charge is -2.07. The average molecular weight is 438 g/mol. The minimum Gasteiger partial charge on any atom is -0.493 e. The van der Waals surface area contributed by atoms with Crippen molar-refractivity contribution in [2.75, 3.05) is 14.2 Å². The van der Waals surface area contributed by atoms with Crippen molar-refractivity contribution in [3.63, 3.8) is 0 Å². The molecular formula is C19H17Cl2N3O3S. The summed E-state index contributed by atoms with van der Waals surface area (Å²) >= 11 is 13.3. The first-order valence-electron chi connectivity index (χ1n) is 8.24. The van der Waals surface area contributed by atoms with Crippen LogP contribution in [0.25, 0.3) is 0 Å². The van der Waals surface area contributed by atoms with Gasteiger partial charge in [-0.2, -0.15) is 5.10 Å². The van der Waals surface area contributed by atoms with Gasteiger partial charge in [0.2, 0.25) is 5.91 Å². The van der Waals surface area contributed by atoms with Crippen LogP contribution in [-0.4, -0.2) is 36.8 Å². The van der Waals surface area contributed by atoms with Crippen molar-refractivity contribution in [1.82, 2.24) is 5.32 Å². The van der Waals surface area contributed by atoms with Crippen LogP contribution < -0.4 is 14.8 Å². The van der Waals surface area contributed by atoms with Crippen molar-refractivity contribution in [2.45, 2.75) is 11.7 Å². The van der Waals surface area contributed by atoms with Crippen molar-refractivity contribution in [3.05, 3.63) is 57.6 Å². The molecule has 1 heterocycles. The van der Waals surface area contributed by atoms with Crippen molar-refractivity contribution in [3.8, 4) is 11.5 Å². The van der Waals surface area contributed by atoms with E-state index in [-0.39, 0.29) is 11.2 Å². The number of carbonyl (C=O) groups is 1. The number of nitrogens with zero attached hydrogens (tertiary/aromatic N) is 2. The van der Waals surface area contributed by atoms with Crippen LogP contribution in [0.4, 0.5) is 0 Å². The summed E-state index contributed by atoms with van der Waals surface area (Å²) in [6, 6.07) is 10.7. The standard InChI is InChI=1S/C19H17Cl2N3O3S/c1-26-15-6-4-12(8-16(15)27-2)10-22-24-19-23-18(25)17(28-19)9-11-3-5-13(20)14(21)7-11/h3-8,10,17H,9H2,1-2H3,(H,23,24,25)/b22-10+. The molecule has 146 valence electrons. The van der Waals surface area contributed by atoms with Gasteiger partial charge in [-0.25, -0.2) is 0 Å². The highest BCUT2D eigenvalue weighted by Crippen LogP contribution is 2.28. The molecular weight excluding hydrogens is 421 g/mol. The number of nitrogens with one attached hydrogen (secondary N) is 1. The van der Waals surface area contributed by atoms with Gasteiger partial charge in [0.05, 0.1) is 35.7 Å². The molecule has 6 nitrogen and oxygen atoms in total. The molecule has 2 aromatic carbocycles. The number of ether oxygens (including phenoxy) is 2. The smallest absolute Gasteiger partial charge is 0.239 e. The quantitative estimate of drug-likeness (QED) is 0.543. The van der Waals surface area contributed by atoms with Crippen LogP contribution in [-0.2, 0) is 11.2 Å². The third-order valence-corrected chi connectivity index (χ3v) is 5.76. The topological polar surface area (TPSA) is 72.3 Å². The second-order valence-electron chi connectivity index (χ2n) is 5.81. The first kappa shape index (κ1) is 20.5. The number of amidine groups is 1. The molecule has 2 aromatic rings. The van der Waals surface area contributed by atoms with Gasteiger partial charge in [-0.3, -0.25) is 4.79 Å². The molecule has 9 heteroatoms. The molecule has 0 aliphatic carbocycles. The molecule has 1 atom stereocenters. The van der Waals surface area contributed by atoms with Gasteiger partial charge in [0.15, 0.2) is 16.7 Å². The molecule has 1 fully saturated rings. The van der Waals surface area contributed by atoms with E-state index in [9.17, 15) is 4.79 Å². The van der Waals surface area contributed by atoms with E-state index in [0.717, 1.165) is 11.1 Å². The van der Waals surface area contributed by atoms with Crippen LogP contribution in [0.2, 0.25) is 10.0 Å². The number of halogens is 2. The number of thioether (sulfide) groups is 1. The Labute approximate surface area is 176 Å². The second-order valence-corrected chi connectivity index (χ2v) is 7.82. The lowest BCUT2D eigenvalue weighted by Crippen LogP contribution is -2.25. The molecule has 0 spiro atoms. The van der Waals surface area contributed by atoms with Gasteiger partial charge >= 0.3 is 0 Å². The second kappa shape index (κ2) is 9.32. The molecule has 1 N–H and O–H groups in total. The average Bonchev–Trinajstić information content (AvgIpc) is 3.03. The third kappa shape index (κ3) is 4.98. The zero-order valence-electron chi connectivity index (χ0n) is 15.1. The van der Waals surface area contributed by atoms with Crippen molar-refractivity contribution in [1.29, 1.82) is 0 Å². The largest absolute Gasteiger partial charge is 0.493 e. The normalized spacial score (nSPS) is 17.9. The number of hydrogen-bond donors (Lipinski definition) is 1. The molecule has 0 saturated carbocycles. The van der Waals surface area contributed by atoms with E-state index in [1.165, 1.54) is 11.8 Å². The van der Waals surface area contributed by atoms with Gasteiger partial charge in [-0.1, -0.05) is 41.0 Å². The molecule has 1 aliphatic rings. The van der Waals surface area contributed by atoms with E-state index >= 15 is 0 Å². The molecule has 3 rings (SSSR count). The molecule has 28 heavy (non-hydrogen) atoms. The van der Waals surface area contributed by atoms with Crippen LogP contribution >= 0.6 is 35.0 Å². The fourth-order valence-electron chi connectivity index (χ4n) is 2.55. The van der Waals surface area contributed by atoms with Crippen LogP contribution in [0.5, 0.6) is 11.5 Å². The molecule has 1 unspecified atom stereocenters. The number of methoxy groups -OCH3 is 2. The summed E-state index contributed by atoms with van der Waals surface area (Å²) in [5.74, 6) is 1.12. The third-order valence-electron chi connectivity index (χ3n) is 3.94. The van der Waals surface area contributed by atoms with Gasteiger partial charge in [0.25, 0.3) is 0 Å². The highest BCUT2D eigenvalue weighted by Gasteiger charge is 2.30. The lowest BCUT2D eigenvalue weighted by molar-refractivity contribution is -0.118. The minimum atomic E-state index is -0.299. The Morgan fingerprint density at radius 3 is 2.61 bits per heavy atom. The SMILES string of the molecule is COc1ccc(/C=N/N=C2\NC(=O)C(Cc3ccc(Cl)c(Cl)c3)S2)cc1OC. The van der Waals surface area contributed by atoms with Crippen LogP contribution in [0, 0.1) is 0 Å². The zero-order valence-corrected chi connectivity index (χ0v) is 17.4. The van der Waals surface area contributed by atoms with Crippen LogP contribution in [0.15, 0.2) is 46.6 Å². The predicted octanol–water partition coefficient (Wildman–Crippen LogP) is 4.17. The monoisotopic (exact) mass is 437 g/mol. The summed E-state index contributed by atoms with van der Waals surface area (Å²) < 4.78 is 10.5. The first-order chi connectivity index (χ1) is 13.5. The van der Waals surface area contributed by atoms with Crippen LogP contribution in [0.3, 0.4) is 0 Å². The van der Waals surface area contributed by atoms with E-state index in [1.807, 2.05) is 12.1 Å². The summed E-state index contributed by atoms with van der Waals surface area (Å²) in [7, 11) is 3.14. The van der Waals surface area contributed by atoms with E-state index < -0.39 is 0 Å². The molecule has 1 amide bonds. The molecule has 0 radical (unpaired) electrons. The van der Waals surface area contributed by atoms with Gasteiger partial charge in [-0.15, -0.1) is 5.10 Å². The number of hydrogen-bond acceptors (Lipinski definition) is 6. The summed E-state index contributed by atoms with van der Waals surface area (Å²) in [4.78, 5) is 12.2. The number of rotatable bonds is 6. The first-order valence-corrected chi connectivity index (χ1v) is 9.88. The molecule has 0 aromatic heterocycles. The fraction of sp³-hybridized carbons (Fsp3) is 0.211. The Kier molecular flexibility index (Phi) is 6.83. The Balaban J connectivity index is 1.65. The Hall–Kier alpha value is -2.22. The highest BCUT2D eigenvalue weighted by molar-refractivity contribution is 8.15. The van der Waals surface area contributed by atoms with E-state index in [2.05, 4.69) is 15.5 Å². The predicted molar refractivity (Wildman–Crippen MR) is 114 cm³/mol. The molecule has 1 aliphatic heterocycles. The summed E-state index contributed by atoms with van der Waals surface area (Å²) in [5, 5.41) is 12.0. The van der Waals surface area contributed by atoms with E-state index in [4.69, 9.17) is 32.7 Å². The van der Waals surface area contributed by atoms with E-state index in [1.54, 1.807) is 44.7 Å². The molecule has 0 bridgehead atoms. The zero-order chi connectivity index (χ0) is 20.1. The molecule has 1 saturated heterocycles. The summed E-state index contributed by atoms with van der Waals surface area (Å²) in [6.07, 6.45) is 2.10. The summed E-state index contributed by atoms with van der Waals surface area (Å²) in [6.45, 7) is 0. The van der Waals surface area contributed by atoms with E-state index in [0.29, 0.717) is 33.1 Å². The van der Waals surface area contributed by atoms with Crippen LogP contribution in [0.1, 0.15) is 11.1 Å². The van der Waals surface area contributed by atoms with Crippen molar-refractivity contribution >= 4 is 52.3 Å². The Morgan fingerprint density at radius 2 is 1.89 bits per heavy atom. The van der Waals surface area contributed by atoms with Gasteiger partial charge in [-0.05, 0) is 47.9 Å². The maximum atomic E-state index is 12.2. The number of benzene rings is 2. The minimum absolute atomic E-state index is 0.115. The summed E-state index contributed by atoms with van der Waals surface area (Å²) in [5.41, 5.74) is 1.72. The van der Waals surface area contributed by atoms with Gasteiger partial charge in [0, 0.05) is 0 Å². The van der Waals surface area contributed by atoms with Gasteiger partial charge in [0.1, 0.15) is 0 Å². The maximum absolute atomic E-state index is 12.2. The highest BCUT2D eigenvalue weighted by atomic mass is 35.5. The van der Waals surface area contributed by atoms with Crippen molar-refractivity contribution in [2.24, 2.45) is 10.2 Å². The maximum Gasteiger partial charge on any atom is 0.239 e.